The van der Waals surface area contributed by atoms with Crippen LogP contribution in [-0.2, 0) is 10.3 Å². The van der Waals surface area contributed by atoms with Crippen molar-refractivity contribution >= 4 is 5.78 Å². The zero-order valence-corrected chi connectivity index (χ0v) is 10.3. The van der Waals surface area contributed by atoms with Gasteiger partial charge in [0.05, 0.1) is 6.61 Å². The molecule has 0 aromatic heterocycles. The second kappa shape index (κ2) is 4.61. The number of aliphatic hydroxyl groups excluding tert-OH is 1. The lowest BCUT2D eigenvalue weighted by Crippen LogP contribution is -2.23. The second-order valence-electron chi connectivity index (χ2n) is 4.64. The van der Waals surface area contributed by atoms with Gasteiger partial charge >= 0.3 is 0 Å². The summed E-state index contributed by atoms with van der Waals surface area (Å²) in [5.74, 6) is -0.0847. The third-order valence-electron chi connectivity index (χ3n) is 3.49. The SMILES string of the molecule is O=C(c1ccccc1)[C@H]1O[C@]1(CO)c1ccccc1. The normalized spacial score (nSPS) is 25.0. The van der Waals surface area contributed by atoms with E-state index in [1.54, 1.807) is 12.1 Å². The van der Waals surface area contributed by atoms with Crippen LogP contribution in [0.1, 0.15) is 15.9 Å². The summed E-state index contributed by atoms with van der Waals surface area (Å²) in [6.07, 6.45) is -0.595. The minimum Gasteiger partial charge on any atom is -0.393 e. The van der Waals surface area contributed by atoms with E-state index in [1.165, 1.54) is 0 Å². The molecule has 1 aliphatic heterocycles. The van der Waals surface area contributed by atoms with Crippen LogP contribution in [-0.4, -0.2) is 23.6 Å². The Balaban J connectivity index is 1.88. The molecule has 0 amide bonds. The van der Waals surface area contributed by atoms with E-state index >= 15 is 0 Å². The number of benzene rings is 2. The van der Waals surface area contributed by atoms with Crippen molar-refractivity contribution in [3.8, 4) is 0 Å². The first-order valence-corrected chi connectivity index (χ1v) is 6.21. The van der Waals surface area contributed by atoms with E-state index in [0.29, 0.717) is 5.56 Å². The first-order valence-electron chi connectivity index (χ1n) is 6.21. The van der Waals surface area contributed by atoms with Gasteiger partial charge in [0, 0.05) is 5.56 Å². The van der Waals surface area contributed by atoms with Crippen LogP contribution in [0, 0.1) is 0 Å². The van der Waals surface area contributed by atoms with Crippen molar-refractivity contribution < 1.29 is 14.6 Å². The molecule has 0 saturated carbocycles. The number of rotatable bonds is 4. The van der Waals surface area contributed by atoms with E-state index in [-0.39, 0.29) is 12.4 Å². The van der Waals surface area contributed by atoms with E-state index < -0.39 is 11.7 Å². The number of epoxide rings is 1. The number of carbonyl (C=O) groups excluding carboxylic acids is 1. The van der Waals surface area contributed by atoms with Crippen LogP contribution in [0.15, 0.2) is 60.7 Å². The summed E-state index contributed by atoms with van der Waals surface area (Å²) in [5, 5.41) is 9.60. The molecule has 96 valence electrons. The molecule has 0 aliphatic carbocycles. The largest absolute Gasteiger partial charge is 0.393 e. The lowest BCUT2D eigenvalue weighted by Gasteiger charge is -2.09. The maximum atomic E-state index is 12.3. The van der Waals surface area contributed by atoms with Crippen LogP contribution in [0.2, 0.25) is 0 Å². The Morgan fingerprint density at radius 1 is 1.05 bits per heavy atom. The van der Waals surface area contributed by atoms with Gasteiger partial charge < -0.3 is 9.84 Å². The van der Waals surface area contributed by atoms with Crippen molar-refractivity contribution in [3.05, 3.63) is 71.8 Å². The van der Waals surface area contributed by atoms with Crippen molar-refractivity contribution in [1.82, 2.24) is 0 Å². The summed E-state index contributed by atoms with van der Waals surface area (Å²) >= 11 is 0. The van der Waals surface area contributed by atoms with Crippen molar-refractivity contribution in [2.75, 3.05) is 6.61 Å². The molecule has 1 fully saturated rings. The van der Waals surface area contributed by atoms with Gasteiger partial charge in [0.1, 0.15) is 0 Å². The molecule has 0 radical (unpaired) electrons. The maximum Gasteiger partial charge on any atom is 0.195 e. The first kappa shape index (κ1) is 12.1. The van der Waals surface area contributed by atoms with Gasteiger partial charge in [-0.1, -0.05) is 60.7 Å². The Morgan fingerprint density at radius 2 is 1.63 bits per heavy atom. The first-order chi connectivity index (χ1) is 9.28. The molecule has 1 aliphatic rings. The van der Waals surface area contributed by atoms with Crippen molar-refractivity contribution in [1.29, 1.82) is 0 Å². The predicted molar refractivity (Wildman–Crippen MR) is 70.9 cm³/mol. The summed E-state index contributed by atoms with van der Waals surface area (Å²) in [7, 11) is 0. The molecular formula is C16H14O3. The molecule has 2 atom stereocenters. The van der Waals surface area contributed by atoms with Gasteiger partial charge in [-0.25, -0.2) is 0 Å². The van der Waals surface area contributed by atoms with E-state index in [9.17, 15) is 9.90 Å². The number of carbonyl (C=O) groups is 1. The highest BCUT2D eigenvalue weighted by Gasteiger charge is 2.61. The minimum absolute atomic E-state index is 0.0847. The average Bonchev–Trinajstić information content (AvgIpc) is 3.24. The second-order valence-corrected chi connectivity index (χ2v) is 4.64. The fourth-order valence-electron chi connectivity index (χ4n) is 2.35. The van der Waals surface area contributed by atoms with Gasteiger partial charge in [0.15, 0.2) is 17.5 Å². The summed E-state index contributed by atoms with van der Waals surface area (Å²) in [5.41, 5.74) is 0.583. The average molecular weight is 254 g/mol. The molecule has 2 aromatic rings. The monoisotopic (exact) mass is 254 g/mol. The molecule has 1 heterocycles. The smallest absolute Gasteiger partial charge is 0.195 e. The lowest BCUT2D eigenvalue weighted by molar-refractivity contribution is 0.0953. The Morgan fingerprint density at radius 3 is 2.21 bits per heavy atom. The third kappa shape index (κ3) is 1.97. The molecule has 3 rings (SSSR count). The van der Waals surface area contributed by atoms with Gasteiger partial charge in [-0.15, -0.1) is 0 Å². The van der Waals surface area contributed by atoms with E-state index in [4.69, 9.17) is 4.74 Å². The van der Waals surface area contributed by atoms with E-state index in [1.807, 2.05) is 48.5 Å². The Hall–Kier alpha value is -1.97. The number of Topliss-reactive ketones (excluding diaryl/α,β-unsaturated/α-hetero) is 1. The zero-order valence-electron chi connectivity index (χ0n) is 10.3. The van der Waals surface area contributed by atoms with Gasteiger partial charge in [0.2, 0.25) is 0 Å². The number of hydrogen-bond acceptors (Lipinski definition) is 3. The van der Waals surface area contributed by atoms with Crippen molar-refractivity contribution in [3.63, 3.8) is 0 Å². The van der Waals surface area contributed by atoms with Gasteiger partial charge in [0.25, 0.3) is 0 Å². The van der Waals surface area contributed by atoms with Crippen LogP contribution in [0.25, 0.3) is 0 Å². The molecule has 3 nitrogen and oxygen atoms in total. The fraction of sp³-hybridized carbons (Fsp3) is 0.188. The summed E-state index contributed by atoms with van der Waals surface area (Å²) in [4.78, 5) is 12.3. The molecule has 2 aromatic carbocycles. The maximum absolute atomic E-state index is 12.3. The molecule has 0 spiro atoms. The molecule has 3 heteroatoms. The highest BCUT2D eigenvalue weighted by Crippen LogP contribution is 2.47. The lowest BCUT2D eigenvalue weighted by atomic mass is 9.92. The van der Waals surface area contributed by atoms with Crippen LogP contribution in [0.5, 0.6) is 0 Å². The standard InChI is InChI=1S/C16H14O3/c17-11-16(13-9-5-2-6-10-13)15(19-16)14(18)12-7-3-1-4-8-12/h1-10,15,17H,11H2/t15-,16-/m1/s1. The topological polar surface area (TPSA) is 49.8 Å². The number of ether oxygens (including phenoxy) is 1. The number of ketones is 1. The molecule has 0 bridgehead atoms. The molecule has 19 heavy (non-hydrogen) atoms. The number of hydrogen-bond donors (Lipinski definition) is 1. The predicted octanol–water partition coefficient (Wildman–Crippen LogP) is 2.16. The van der Waals surface area contributed by atoms with Crippen molar-refractivity contribution in [2.45, 2.75) is 11.7 Å². The quantitative estimate of drug-likeness (QED) is 0.672. The Bertz CT molecular complexity index is 579. The highest BCUT2D eigenvalue weighted by atomic mass is 16.6. The molecular weight excluding hydrogens is 240 g/mol. The highest BCUT2D eigenvalue weighted by molar-refractivity contribution is 6.02. The van der Waals surface area contributed by atoms with Crippen LogP contribution in [0.3, 0.4) is 0 Å². The summed E-state index contributed by atoms with van der Waals surface area (Å²) in [6.45, 7) is -0.194. The van der Waals surface area contributed by atoms with Crippen LogP contribution < -0.4 is 0 Å². The van der Waals surface area contributed by atoms with Crippen LogP contribution in [0.4, 0.5) is 0 Å². The molecule has 1 saturated heterocycles. The van der Waals surface area contributed by atoms with Gasteiger partial charge in [-0.05, 0) is 5.56 Å². The van der Waals surface area contributed by atoms with Crippen molar-refractivity contribution in [2.24, 2.45) is 0 Å². The van der Waals surface area contributed by atoms with Gasteiger partial charge in [-0.2, -0.15) is 0 Å². The fourth-order valence-corrected chi connectivity index (χ4v) is 2.35. The van der Waals surface area contributed by atoms with Gasteiger partial charge in [-0.3, -0.25) is 4.79 Å². The minimum atomic E-state index is -0.867. The Labute approximate surface area is 111 Å². The summed E-state index contributed by atoms with van der Waals surface area (Å²) < 4.78 is 5.56. The molecule has 0 unspecified atom stereocenters. The summed E-state index contributed by atoms with van der Waals surface area (Å²) in [6, 6.07) is 18.4. The van der Waals surface area contributed by atoms with E-state index in [0.717, 1.165) is 5.56 Å². The molecule has 1 N–H and O–H groups in total. The van der Waals surface area contributed by atoms with Crippen LogP contribution >= 0.6 is 0 Å². The third-order valence-corrected chi connectivity index (χ3v) is 3.49. The van der Waals surface area contributed by atoms with E-state index in [2.05, 4.69) is 0 Å². The number of aliphatic hydroxyl groups is 1. The Kier molecular flexibility index (Phi) is 2.93. The zero-order chi connectivity index (χ0) is 13.3.